The quantitative estimate of drug-likeness (QED) is 0.782. The van der Waals surface area contributed by atoms with E-state index in [9.17, 15) is 14.7 Å². The minimum Gasteiger partial charge on any atom is -0.508 e. The van der Waals surface area contributed by atoms with Gasteiger partial charge in [-0.05, 0) is 42.8 Å². The maximum absolute atomic E-state index is 12.7. The number of benzene rings is 1. The molecular weight excluding hydrogens is 380 g/mol. The van der Waals surface area contributed by atoms with Gasteiger partial charge in [-0.25, -0.2) is 0 Å². The third kappa shape index (κ3) is 4.97. The van der Waals surface area contributed by atoms with Crippen molar-refractivity contribution in [2.75, 3.05) is 50.7 Å². The number of phenolic OH excluding ortho intramolecular Hbond substituents is 1. The number of hydrogen-bond acceptors (Lipinski definition) is 6. The second kappa shape index (κ2) is 9.26. The number of amides is 1. The zero-order valence-electron chi connectivity index (χ0n) is 17.1. The lowest BCUT2D eigenvalue weighted by molar-refractivity contribution is -0.132. The number of hydrogen-bond donors (Lipinski definition) is 1. The van der Waals surface area contributed by atoms with E-state index in [0.717, 1.165) is 50.4 Å². The summed E-state index contributed by atoms with van der Waals surface area (Å²) in [5.41, 5.74) is 2.06. The number of Topliss-reactive ketones (excluding diaryl/α,β-unsaturated/α-hetero) is 1. The predicted octanol–water partition coefficient (Wildman–Crippen LogP) is 1.57. The summed E-state index contributed by atoms with van der Waals surface area (Å²) < 4.78 is 0. The van der Waals surface area contributed by atoms with Crippen molar-refractivity contribution < 1.29 is 14.7 Å². The number of rotatable bonds is 6. The largest absolute Gasteiger partial charge is 0.508 e. The summed E-state index contributed by atoms with van der Waals surface area (Å²) in [7, 11) is 0. The van der Waals surface area contributed by atoms with Gasteiger partial charge in [0.2, 0.25) is 5.91 Å². The summed E-state index contributed by atoms with van der Waals surface area (Å²) in [5, 5.41) is 9.37. The average molecular weight is 409 g/mol. The van der Waals surface area contributed by atoms with E-state index >= 15 is 0 Å². The van der Waals surface area contributed by atoms with E-state index in [1.54, 1.807) is 36.7 Å². The van der Waals surface area contributed by atoms with Crippen molar-refractivity contribution in [1.29, 1.82) is 0 Å². The van der Waals surface area contributed by atoms with Crippen molar-refractivity contribution in [1.82, 2.24) is 14.8 Å². The molecule has 2 fully saturated rings. The summed E-state index contributed by atoms with van der Waals surface area (Å²) >= 11 is 0. The van der Waals surface area contributed by atoms with Crippen LogP contribution in [0.1, 0.15) is 12.0 Å². The summed E-state index contributed by atoms with van der Waals surface area (Å²) in [5.74, 6) is 0.547. The highest BCUT2D eigenvalue weighted by molar-refractivity contribution is 5.84. The van der Waals surface area contributed by atoms with Gasteiger partial charge in [-0.3, -0.25) is 19.5 Å². The molecule has 1 unspecified atom stereocenters. The second-order valence-corrected chi connectivity index (χ2v) is 8.10. The molecule has 7 nitrogen and oxygen atoms in total. The van der Waals surface area contributed by atoms with Gasteiger partial charge in [-0.2, -0.15) is 0 Å². The van der Waals surface area contributed by atoms with Gasteiger partial charge >= 0.3 is 0 Å². The number of nitrogens with zero attached hydrogens (tertiary/aromatic N) is 4. The van der Waals surface area contributed by atoms with E-state index < -0.39 is 0 Å². The topological polar surface area (TPSA) is 77.0 Å². The van der Waals surface area contributed by atoms with E-state index in [1.165, 1.54) is 0 Å². The zero-order valence-corrected chi connectivity index (χ0v) is 17.1. The first-order valence-corrected chi connectivity index (χ1v) is 10.5. The number of carbonyl (C=O) groups excluding carboxylic acids is 2. The molecular formula is C23H28N4O3. The number of likely N-dealkylation sites (tertiary alicyclic amines) is 1. The van der Waals surface area contributed by atoms with Crippen LogP contribution in [0.15, 0.2) is 48.8 Å². The fraction of sp³-hybridized carbons (Fsp3) is 0.435. The number of piperazine rings is 1. The molecule has 0 aliphatic carbocycles. The van der Waals surface area contributed by atoms with E-state index in [-0.39, 0.29) is 23.4 Å². The monoisotopic (exact) mass is 408 g/mol. The van der Waals surface area contributed by atoms with Gasteiger partial charge in [0.25, 0.3) is 0 Å². The highest BCUT2D eigenvalue weighted by Crippen LogP contribution is 2.21. The van der Waals surface area contributed by atoms with Crippen molar-refractivity contribution in [3.63, 3.8) is 0 Å². The Kier molecular flexibility index (Phi) is 6.28. The molecule has 2 aromatic rings. The Morgan fingerprint density at radius 3 is 2.37 bits per heavy atom. The van der Waals surface area contributed by atoms with Gasteiger partial charge in [0.1, 0.15) is 11.5 Å². The lowest BCUT2D eigenvalue weighted by Gasteiger charge is -2.36. The summed E-state index contributed by atoms with van der Waals surface area (Å²) in [6, 6.07) is 10.8. The number of phenols is 1. The van der Waals surface area contributed by atoms with Crippen molar-refractivity contribution in [2.24, 2.45) is 5.92 Å². The summed E-state index contributed by atoms with van der Waals surface area (Å²) in [6.45, 7) is 4.91. The highest BCUT2D eigenvalue weighted by Gasteiger charge is 2.30. The molecule has 0 saturated carbocycles. The molecule has 7 heteroatoms. The molecule has 1 aromatic heterocycles. The van der Waals surface area contributed by atoms with Gasteiger partial charge in [0.05, 0.1) is 6.54 Å². The van der Waals surface area contributed by atoms with E-state index in [0.29, 0.717) is 19.5 Å². The van der Waals surface area contributed by atoms with Crippen molar-refractivity contribution in [2.45, 2.75) is 12.8 Å². The highest BCUT2D eigenvalue weighted by atomic mass is 16.3. The van der Waals surface area contributed by atoms with Crippen LogP contribution >= 0.6 is 0 Å². The predicted molar refractivity (Wildman–Crippen MR) is 114 cm³/mol. The SMILES string of the molecule is O=C(Cc1ccc(O)cc1)C1CCN(CC(=O)N2CCN(c3ccncc3)CC2)C1. The Morgan fingerprint density at radius 1 is 0.967 bits per heavy atom. The van der Waals surface area contributed by atoms with Gasteiger partial charge in [-0.1, -0.05) is 12.1 Å². The van der Waals surface area contributed by atoms with Gasteiger partial charge < -0.3 is 14.9 Å². The molecule has 1 N–H and O–H groups in total. The van der Waals surface area contributed by atoms with E-state index in [2.05, 4.69) is 14.8 Å². The second-order valence-electron chi connectivity index (χ2n) is 8.10. The van der Waals surface area contributed by atoms with Gasteiger partial charge in [0.15, 0.2) is 0 Å². The Hall–Kier alpha value is -2.93. The van der Waals surface area contributed by atoms with Crippen LogP contribution in [0.25, 0.3) is 0 Å². The van der Waals surface area contributed by atoms with Gasteiger partial charge in [-0.15, -0.1) is 0 Å². The Balaban J connectivity index is 1.22. The maximum Gasteiger partial charge on any atom is 0.236 e. The van der Waals surface area contributed by atoms with E-state index in [1.807, 2.05) is 17.0 Å². The summed E-state index contributed by atoms with van der Waals surface area (Å²) in [6.07, 6.45) is 4.77. The molecule has 158 valence electrons. The fourth-order valence-corrected chi connectivity index (χ4v) is 4.26. The van der Waals surface area contributed by atoms with Crippen molar-refractivity contribution in [3.05, 3.63) is 54.4 Å². The van der Waals surface area contributed by atoms with Crippen LogP contribution in [0.4, 0.5) is 5.69 Å². The molecule has 1 aromatic carbocycles. The molecule has 0 radical (unpaired) electrons. The lowest BCUT2D eigenvalue weighted by Crippen LogP contribution is -2.51. The van der Waals surface area contributed by atoms with Crippen molar-refractivity contribution >= 4 is 17.4 Å². The fourth-order valence-electron chi connectivity index (χ4n) is 4.26. The van der Waals surface area contributed by atoms with Crippen LogP contribution in [0, 0.1) is 5.92 Å². The maximum atomic E-state index is 12.7. The lowest BCUT2D eigenvalue weighted by atomic mass is 9.97. The molecule has 2 aliphatic heterocycles. The first kappa shape index (κ1) is 20.3. The van der Waals surface area contributed by atoms with Crippen LogP contribution in [-0.2, 0) is 16.0 Å². The molecule has 0 spiro atoms. The number of anilines is 1. The normalized spacial score (nSPS) is 19.8. The Morgan fingerprint density at radius 2 is 1.67 bits per heavy atom. The number of pyridine rings is 1. The van der Waals surface area contributed by atoms with Crippen LogP contribution in [0.2, 0.25) is 0 Å². The minimum atomic E-state index is -0.0184. The molecule has 1 amide bonds. The van der Waals surface area contributed by atoms with Crippen LogP contribution in [0.3, 0.4) is 0 Å². The summed E-state index contributed by atoms with van der Waals surface area (Å²) in [4.78, 5) is 35.7. The molecule has 0 bridgehead atoms. The Labute approximate surface area is 176 Å². The Bertz CT molecular complexity index is 864. The van der Waals surface area contributed by atoms with Crippen molar-refractivity contribution in [3.8, 4) is 5.75 Å². The molecule has 1 atom stereocenters. The number of aromatic nitrogens is 1. The first-order chi connectivity index (χ1) is 14.6. The number of aromatic hydroxyl groups is 1. The molecule has 2 saturated heterocycles. The average Bonchev–Trinajstić information content (AvgIpc) is 3.25. The van der Waals surface area contributed by atoms with Crippen LogP contribution in [0.5, 0.6) is 5.75 Å². The molecule has 4 rings (SSSR count). The molecule has 2 aliphatic rings. The van der Waals surface area contributed by atoms with Crippen LogP contribution < -0.4 is 4.90 Å². The standard InChI is InChI=1S/C23H28N4O3/c28-21-3-1-18(2-4-21)15-22(29)19-7-10-25(16-19)17-23(30)27-13-11-26(12-14-27)20-5-8-24-9-6-20/h1-6,8-9,19,28H,7,10-17H2. The first-order valence-electron chi connectivity index (χ1n) is 10.5. The zero-order chi connectivity index (χ0) is 20.9. The molecule has 3 heterocycles. The van der Waals surface area contributed by atoms with E-state index in [4.69, 9.17) is 0 Å². The third-order valence-corrected chi connectivity index (χ3v) is 6.06. The smallest absolute Gasteiger partial charge is 0.236 e. The third-order valence-electron chi connectivity index (χ3n) is 6.06. The number of carbonyl (C=O) groups is 2. The minimum absolute atomic E-state index is 0.0184. The number of ketones is 1. The molecule has 30 heavy (non-hydrogen) atoms. The van der Waals surface area contributed by atoms with Gasteiger partial charge in [0, 0.05) is 63.1 Å². The van der Waals surface area contributed by atoms with Crippen LogP contribution in [-0.4, -0.2) is 77.4 Å².